The average Bonchev–Trinajstić information content (AvgIpc) is 3.15. The lowest BCUT2D eigenvalue weighted by Gasteiger charge is -2.41. The van der Waals surface area contributed by atoms with E-state index in [0.29, 0.717) is 11.3 Å². The lowest BCUT2D eigenvalue weighted by molar-refractivity contribution is -0.268. The van der Waals surface area contributed by atoms with E-state index in [1.54, 1.807) is 30.0 Å². The number of aliphatic hydroxyl groups is 1. The summed E-state index contributed by atoms with van der Waals surface area (Å²) in [5.74, 6) is -11.9. The molecule has 0 saturated carbocycles. The summed E-state index contributed by atoms with van der Waals surface area (Å²) in [6.07, 6.45) is -1.18. The van der Waals surface area contributed by atoms with Gasteiger partial charge in [-0.1, -0.05) is 85.8 Å². The molecule has 5 aromatic rings. The van der Waals surface area contributed by atoms with Crippen LogP contribution in [0.25, 0.3) is 11.1 Å². The standard InChI is InChI=1S/C39H32F5NO4S/c1-22-30(21-50-29-11-3-2-4-12-29)48-39(49-37(22)25-15-13-23(20-46)14-16-25)28-10-6-9-27(18-28)26-8-5-7-24(17-26)19-45-38(47)31-32(40)34(42)36(44)35(43)33(31)41/h2-18,22,30,37,39,46H,19-21H2,1H3,(H,45,47)/t22-,30+,37+,39+/m1/s1. The molecule has 0 spiro atoms. The van der Waals surface area contributed by atoms with Gasteiger partial charge in [-0.25, -0.2) is 22.0 Å². The molecule has 1 aliphatic rings. The molecule has 0 unspecified atom stereocenters. The summed E-state index contributed by atoms with van der Waals surface area (Å²) in [6, 6.07) is 32.3. The Kier molecular flexibility index (Phi) is 11.0. The van der Waals surface area contributed by atoms with Crippen LogP contribution in [0.3, 0.4) is 0 Å². The van der Waals surface area contributed by atoms with Crippen molar-refractivity contribution in [2.75, 3.05) is 5.75 Å². The van der Waals surface area contributed by atoms with Gasteiger partial charge >= 0.3 is 0 Å². The van der Waals surface area contributed by atoms with Gasteiger partial charge in [0.1, 0.15) is 5.56 Å². The number of hydrogen-bond donors (Lipinski definition) is 2. The van der Waals surface area contributed by atoms with E-state index >= 15 is 0 Å². The molecule has 1 heterocycles. The van der Waals surface area contributed by atoms with Crippen LogP contribution in [0.5, 0.6) is 0 Å². The second-order valence-corrected chi connectivity index (χ2v) is 13.0. The van der Waals surface area contributed by atoms with Crippen molar-refractivity contribution in [1.29, 1.82) is 0 Å². The summed E-state index contributed by atoms with van der Waals surface area (Å²) < 4.78 is 82.3. The molecule has 0 radical (unpaired) electrons. The predicted molar refractivity (Wildman–Crippen MR) is 179 cm³/mol. The molecule has 0 aromatic heterocycles. The summed E-state index contributed by atoms with van der Waals surface area (Å²) in [6.45, 7) is 1.80. The first-order chi connectivity index (χ1) is 24.1. The van der Waals surface area contributed by atoms with E-state index in [2.05, 4.69) is 24.4 Å². The highest BCUT2D eigenvalue weighted by Gasteiger charge is 2.38. The zero-order valence-corrected chi connectivity index (χ0v) is 27.5. The minimum atomic E-state index is -2.33. The van der Waals surface area contributed by atoms with Crippen LogP contribution in [0.2, 0.25) is 0 Å². The van der Waals surface area contributed by atoms with E-state index in [0.717, 1.165) is 32.7 Å². The number of halogens is 5. The molecule has 5 aromatic carbocycles. The molecule has 0 bridgehead atoms. The van der Waals surface area contributed by atoms with Gasteiger partial charge in [0.05, 0.1) is 18.8 Å². The molecule has 1 aliphatic heterocycles. The smallest absolute Gasteiger partial charge is 0.257 e. The summed E-state index contributed by atoms with van der Waals surface area (Å²) in [5, 5.41) is 11.8. The predicted octanol–water partition coefficient (Wildman–Crippen LogP) is 9.06. The quantitative estimate of drug-likeness (QED) is 0.0657. The van der Waals surface area contributed by atoms with Crippen molar-refractivity contribution in [1.82, 2.24) is 5.32 Å². The fourth-order valence-corrected chi connectivity index (χ4v) is 6.89. The van der Waals surface area contributed by atoms with Crippen LogP contribution in [-0.2, 0) is 22.6 Å². The lowest BCUT2D eigenvalue weighted by Crippen LogP contribution is -2.38. The van der Waals surface area contributed by atoms with Gasteiger partial charge in [0, 0.05) is 28.7 Å². The molecule has 50 heavy (non-hydrogen) atoms. The zero-order chi connectivity index (χ0) is 35.4. The second-order valence-electron chi connectivity index (χ2n) is 11.9. The third-order valence-electron chi connectivity index (χ3n) is 8.59. The largest absolute Gasteiger partial charge is 0.392 e. The molecule has 2 N–H and O–H groups in total. The van der Waals surface area contributed by atoms with E-state index in [1.807, 2.05) is 72.8 Å². The van der Waals surface area contributed by atoms with E-state index in [9.17, 15) is 31.9 Å². The fraction of sp³-hybridized carbons (Fsp3) is 0.205. The maximum atomic E-state index is 14.2. The average molecular weight is 706 g/mol. The van der Waals surface area contributed by atoms with Crippen molar-refractivity contribution >= 4 is 17.7 Å². The summed E-state index contributed by atoms with van der Waals surface area (Å²) in [4.78, 5) is 13.6. The summed E-state index contributed by atoms with van der Waals surface area (Å²) >= 11 is 1.70. The van der Waals surface area contributed by atoms with Gasteiger partial charge in [0.2, 0.25) is 5.82 Å². The van der Waals surface area contributed by atoms with Crippen molar-refractivity contribution in [2.45, 2.75) is 43.5 Å². The summed E-state index contributed by atoms with van der Waals surface area (Å²) in [5.41, 5.74) is 3.05. The fourth-order valence-electron chi connectivity index (χ4n) is 5.81. The number of carbonyl (C=O) groups is 1. The van der Waals surface area contributed by atoms with Crippen LogP contribution in [0.1, 0.15) is 51.9 Å². The first kappa shape index (κ1) is 35.3. The van der Waals surface area contributed by atoms with Gasteiger partial charge in [0.15, 0.2) is 29.6 Å². The van der Waals surface area contributed by atoms with Crippen molar-refractivity contribution in [3.05, 3.63) is 160 Å². The SMILES string of the molecule is C[C@@H]1[C@H](CSc2ccccc2)O[C@H](c2cccc(-c3cccc(CNC(=O)c4c(F)c(F)c(F)c(F)c4F)c3)c2)O[C@@H]1c1ccc(CO)cc1. The maximum absolute atomic E-state index is 14.2. The number of amides is 1. The third-order valence-corrected chi connectivity index (χ3v) is 9.69. The number of benzene rings is 5. The van der Waals surface area contributed by atoms with Crippen LogP contribution in [0.4, 0.5) is 22.0 Å². The van der Waals surface area contributed by atoms with Gasteiger partial charge in [-0.15, -0.1) is 11.8 Å². The van der Waals surface area contributed by atoms with E-state index in [1.165, 1.54) is 0 Å². The summed E-state index contributed by atoms with van der Waals surface area (Å²) in [7, 11) is 0. The molecular weight excluding hydrogens is 673 g/mol. The monoisotopic (exact) mass is 705 g/mol. The van der Waals surface area contributed by atoms with Crippen molar-refractivity contribution in [3.63, 3.8) is 0 Å². The first-order valence-corrected chi connectivity index (χ1v) is 16.8. The highest BCUT2D eigenvalue weighted by atomic mass is 32.2. The Hall–Kier alpha value is -4.55. The third kappa shape index (κ3) is 7.61. The normalized spacial score (nSPS) is 18.9. The highest BCUT2D eigenvalue weighted by Crippen LogP contribution is 2.43. The van der Waals surface area contributed by atoms with Crippen LogP contribution in [-0.4, -0.2) is 22.9 Å². The minimum Gasteiger partial charge on any atom is -0.392 e. The molecule has 4 atom stereocenters. The Labute approximate surface area is 290 Å². The number of nitrogens with one attached hydrogen (secondary N) is 1. The molecule has 11 heteroatoms. The minimum absolute atomic E-state index is 0.00218. The van der Waals surface area contributed by atoms with Crippen molar-refractivity contribution in [2.24, 2.45) is 5.92 Å². The van der Waals surface area contributed by atoms with Crippen LogP contribution >= 0.6 is 11.8 Å². The number of ether oxygens (including phenoxy) is 2. The van der Waals surface area contributed by atoms with Crippen LogP contribution in [0.15, 0.2) is 108 Å². The molecule has 1 fully saturated rings. The topological polar surface area (TPSA) is 67.8 Å². The Balaban J connectivity index is 1.22. The zero-order valence-electron chi connectivity index (χ0n) is 26.7. The Morgan fingerprint density at radius 3 is 2.04 bits per heavy atom. The molecule has 258 valence electrons. The molecule has 5 nitrogen and oxygen atoms in total. The Morgan fingerprint density at radius 2 is 1.36 bits per heavy atom. The van der Waals surface area contributed by atoms with Crippen molar-refractivity contribution < 1.29 is 41.3 Å². The number of thioether (sulfide) groups is 1. The van der Waals surface area contributed by atoms with Crippen LogP contribution in [0, 0.1) is 35.0 Å². The molecule has 1 saturated heterocycles. The molecular formula is C39H32F5NO4S. The number of hydrogen-bond acceptors (Lipinski definition) is 5. The van der Waals surface area contributed by atoms with Gasteiger partial charge in [-0.05, 0) is 52.1 Å². The molecule has 6 rings (SSSR count). The molecule has 0 aliphatic carbocycles. The van der Waals surface area contributed by atoms with Crippen molar-refractivity contribution in [3.8, 4) is 11.1 Å². The Bertz CT molecular complexity index is 1950. The Morgan fingerprint density at radius 1 is 0.720 bits per heavy atom. The van der Waals surface area contributed by atoms with Gasteiger partial charge in [-0.2, -0.15) is 0 Å². The number of carbonyl (C=O) groups excluding carboxylic acids is 1. The maximum Gasteiger partial charge on any atom is 0.257 e. The molecule has 1 amide bonds. The van der Waals surface area contributed by atoms with E-state index < -0.39 is 46.8 Å². The first-order valence-electron chi connectivity index (χ1n) is 15.8. The van der Waals surface area contributed by atoms with E-state index in [-0.39, 0.29) is 31.3 Å². The second kappa shape index (κ2) is 15.6. The van der Waals surface area contributed by atoms with Gasteiger partial charge in [0.25, 0.3) is 5.91 Å². The van der Waals surface area contributed by atoms with E-state index in [4.69, 9.17) is 9.47 Å². The van der Waals surface area contributed by atoms with Gasteiger partial charge < -0.3 is 19.9 Å². The lowest BCUT2D eigenvalue weighted by atomic mass is 9.91. The van der Waals surface area contributed by atoms with Gasteiger partial charge in [-0.3, -0.25) is 4.79 Å². The van der Waals surface area contributed by atoms with Crippen LogP contribution < -0.4 is 5.32 Å². The number of aliphatic hydroxyl groups excluding tert-OH is 1. The highest BCUT2D eigenvalue weighted by molar-refractivity contribution is 7.99. The number of rotatable bonds is 10.